The minimum Gasteiger partial charge on any atom is -0.493 e. The molecular formula is C42H40O7. The maximum Gasteiger partial charge on any atom is 0.200 e. The van der Waals surface area contributed by atoms with Crippen LogP contribution in [0.1, 0.15) is 46.5 Å². The minimum absolute atomic E-state index is 0.104. The molecule has 1 saturated heterocycles. The van der Waals surface area contributed by atoms with Crippen molar-refractivity contribution in [2.75, 3.05) is 26.9 Å². The van der Waals surface area contributed by atoms with Gasteiger partial charge in [0.25, 0.3) is 0 Å². The van der Waals surface area contributed by atoms with Crippen LogP contribution < -0.4 is 18.9 Å². The molecule has 0 spiro atoms. The molecule has 0 amide bonds. The van der Waals surface area contributed by atoms with Crippen LogP contribution in [-0.4, -0.2) is 44.6 Å². The van der Waals surface area contributed by atoms with E-state index in [1.807, 2.05) is 98.8 Å². The van der Waals surface area contributed by atoms with Crippen molar-refractivity contribution in [1.29, 1.82) is 0 Å². The first-order chi connectivity index (χ1) is 23.8. The molecule has 250 valence electrons. The van der Waals surface area contributed by atoms with E-state index in [0.717, 1.165) is 33.6 Å². The molecule has 7 heteroatoms. The number of hydrogen-bond donors (Lipinski definition) is 0. The third-order valence-corrected chi connectivity index (χ3v) is 8.04. The van der Waals surface area contributed by atoms with Crippen LogP contribution >= 0.6 is 0 Å². The van der Waals surface area contributed by atoms with E-state index in [9.17, 15) is 4.79 Å². The first kappa shape index (κ1) is 33.5. The summed E-state index contributed by atoms with van der Waals surface area (Å²) < 4.78 is 34.9. The Morgan fingerprint density at radius 2 is 1.35 bits per heavy atom. The maximum absolute atomic E-state index is 13.1. The van der Waals surface area contributed by atoms with Crippen LogP contribution in [0.25, 0.3) is 11.6 Å². The van der Waals surface area contributed by atoms with Crippen LogP contribution in [0.3, 0.4) is 0 Å². The van der Waals surface area contributed by atoms with Gasteiger partial charge in [-0.2, -0.15) is 0 Å². The second kappa shape index (κ2) is 15.7. The Morgan fingerprint density at radius 3 is 1.96 bits per heavy atom. The number of Topliss-reactive ketones (excluding diaryl/α,β-unsaturated/α-hetero) is 1. The van der Waals surface area contributed by atoms with Crippen LogP contribution in [0.2, 0.25) is 0 Å². The van der Waals surface area contributed by atoms with Crippen LogP contribution in [0, 0.1) is 0 Å². The van der Waals surface area contributed by atoms with Gasteiger partial charge in [0, 0.05) is 5.56 Å². The first-order valence-corrected chi connectivity index (χ1v) is 16.3. The Bertz CT molecular complexity index is 1850. The van der Waals surface area contributed by atoms with Gasteiger partial charge in [0.15, 0.2) is 29.7 Å². The number of benzene rings is 5. The van der Waals surface area contributed by atoms with Gasteiger partial charge in [0.1, 0.15) is 30.8 Å². The highest BCUT2D eigenvalue weighted by atomic mass is 16.7. The van der Waals surface area contributed by atoms with E-state index >= 15 is 0 Å². The highest BCUT2D eigenvalue weighted by molar-refractivity contribution is 5.98. The molecule has 0 bridgehead atoms. The van der Waals surface area contributed by atoms with Gasteiger partial charge >= 0.3 is 0 Å². The van der Waals surface area contributed by atoms with E-state index in [4.69, 9.17) is 28.4 Å². The number of carbonyl (C=O) groups is 1. The van der Waals surface area contributed by atoms with Crippen molar-refractivity contribution in [1.82, 2.24) is 0 Å². The Balaban J connectivity index is 1.10. The number of rotatable bonds is 14. The van der Waals surface area contributed by atoms with Crippen molar-refractivity contribution in [3.8, 4) is 23.0 Å². The lowest BCUT2D eigenvalue weighted by Gasteiger charge is -2.17. The summed E-state index contributed by atoms with van der Waals surface area (Å²) in [5.74, 6) is 1.67. The van der Waals surface area contributed by atoms with Crippen molar-refractivity contribution >= 4 is 17.4 Å². The largest absolute Gasteiger partial charge is 0.493 e. The van der Waals surface area contributed by atoms with Crippen LogP contribution in [-0.2, 0) is 16.1 Å². The second-order valence-corrected chi connectivity index (χ2v) is 12.1. The molecule has 7 nitrogen and oxygen atoms in total. The molecule has 5 aromatic rings. The van der Waals surface area contributed by atoms with Gasteiger partial charge < -0.3 is 28.4 Å². The smallest absolute Gasteiger partial charge is 0.200 e. The molecule has 0 aliphatic carbocycles. The zero-order valence-corrected chi connectivity index (χ0v) is 28.0. The predicted molar refractivity (Wildman–Crippen MR) is 190 cm³/mol. The molecule has 1 atom stereocenters. The van der Waals surface area contributed by atoms with Gasteiger partial charge in [-0.25, -0.2) is 0 Å². The second-order valence-electron chi connectivity index (χ2n) is 12.1. The van der Waals surface area contributed by atoms with Crippen molar-refractivity contribution < 1.29 is 33.2 Å². The maximum atomic E-state index is 13.1. The highest BCUT2D eigenvalue weighted by Crippen LogP contribution is 2.31. The fourth-order valence-electron chi connectivity index (χ4n) is 5.47. The summed E-state index contributed by atoms with van der Waals surface area (Å²) >= 11 is 0. The summed E-state index contributed by atoms with van der Waals surface area (Å²) in [7, 11) is 1.56. The predicted octanol–water partition coefficient (Wildman–Crippen LogP) is 8.66. The zero-order valence-electron chi connectivity index (χ0n) is 28.0. The molecular weight excluding hydrogens is 616 g/mol. The monoisotopic (exact) mass is 656 g/mol. The van der Waals surface area contributed by atoms with E-state index in [1.54, 1.807) is 25.3 Å². The molecule has 0 aromatic heterocycles. The van der Waals surface area contributed by atoms with Gasteiger partial charge in [-0.05, 0) is 90.2 Å². The Hall–Kier alpha value is -5.37. The van der Waals surface area contributed by atoms with Crippen LogP contribution in [0.15, 0.2) is 127 Å². The summed E-state index contributed by atoms with van der Waals surface area (Å²) in [6.45, 7) is 5.02. The van der Waals surface area contributed by atoms with E-state index < -0.39 is 5.79 Å². The number of ketones is 1. The van der Waals surface area contributed by atoms with Gasteiger partial charge in [-0.15, -0.1) is 0 Å². The highest BCUT2D eigenvalue weighted by Gasteiger charge is 2.33. The average molecular weight is 657 g/mol. The summed E-state index contributed by atoms with van der Waals surface area (Å²) in [5.41, 5.74) is 5.68. The SMILES string of the molecule is COc1cc(C(=O)COc2ccc(/C(=C/c3ccccc3)c3ccc(OCC4COC(C)(C)O4)cc3)cc2)ccc1OCc1ccccc1. The Morgan fingerprint density at radius 1 is 0.735 bits per heavy atom. The summed E-state index contributed by atoms with van der Waals surface area (Å²) in [4.78, 5) is 13.1. The Kier molecular flexibility index (Phi) is 10.7. The fourth-order valence-corrected chi connectivity index (χ4v) is 5.47. The molecule has 1 unspecified atom stereocenters. The molecule has 1 heterocycles. The number of methoxy groups -OCH3 is 1. The van der Waals surface area contributed by atoms with Gasteiger partial charge in [0.2, 0.25) is 0 Å². The van der Waals surface area contributed by atoms with E-state index in [1.165, 1.54) is 0 Å². The molecule has 0 radical (unpaired) electrons. The minimum atomic E-state index is -0.579. The van der Waals surface area contributed by atoms with E-state index in [2.05, 4.69) is 30.3 Å². The van der Waals surface area contributed by atoms with Gasteiger partial charge in [0.05, 0.1) is 13.7 Å². The Labute approximate surface area is 287 Å². The van der Waals surface area contributed by atoms with Crippen LogP contribution in [0.5, 0.6) is 23.0 Å². The zero-order chi connectivity index (χ0) is 34.1. The first-order valence-electron chi connectivity index (χ1n) is 16.3. The van der Waals surface area contributed by atoms with Crippen molar-refractivity contribution in [2.24, 2.45) is 0 Å². The number of carbonyl (C=O) groups excluding carboxylic acids is 1. The van der Waals surface area contributed by atoms with Crippen molar-refractivity contribution in [3.63, 3.8) is 0 Å². The summed E-state index contributed by atoms with van der Waals surface area (Å²) in [6.07, 6.45) is 2.05. The standard InChI is InChI=1S/C42H40O7/c1-42(2)48-28-37(49-42)27-45-35-19-14-32(15-20-35)38(24-30-10-6-4-7-11-30)33-16-21-36(22-17-33)46-29-39(43)34-18-23-40(41(25-34)44-3)47-26-31-12-8-5-9-13-31/h4-25,37H,26-29H2,1-3H3/b38-24+. The van der Waals surface area contributed by atoms with E-state index in [-0.39, 0.29) is 18.5 Å². The molecule has 1 aliphatic rings. The topological polar surface area (TPSA) is 72.5 Å². The summed E-state index contributed by atoms with van der Waals surface area (Å²) in [5, 5.41) is 0. The molecule has 0 N–H and O–H groups in total. The average Bonchev–Trinajstić information content (AvgIpc) is 3.50. The molecule has 5 aromatic carbocycles. The molecule has 1 aliphatic heterocycles. The molecule has 6 rings (SSSR count). The third-order valence-electron chi connectivity index (χ3n) is 8.04. The lowest BCUT2D eigenvalue weighted by atomic mass is 9.95. The fraction of sp³-hybridized carbons (Fsp3) is 0.214. The number of hydrogen-bond acceptors (Lipinski definition) is 7. The molecule has 1 fully saturated rings. The quantitative estimate of drug-likeness (QED) is 0.0875. The third kappa shape index (κ3) is 9.16. The molecule has 0 saturated carbocycles. The van der Waals surface area contributed by atoms with E-state index in [0.29, 0.717) is 42.6 Å². The normalized spacial score (nSPS) is 15.4. The molecule has 49 heavy (non-hydrogen) atoms. The lowest BCUT2D eigenvalue weighted by molar-refractivity contribution is -0.141. The number of ether oxygens (including phenoxy) is 6. The van der Waals surface area contributed by atoms with Gasteiger partial charge in [-0.1, -0.05) is 84.9 Å². The van der Waals surface area contributed by atoms with Crippen molar-refractivity contribution in [2.45, 2.75) is 32.3 Å². The lowest BCUT2D eigenvalue weighted by Crippen LogP contribution is -2.25. The van der Waals surface area contributed by atoms with Crippen molar-refractivity contribution in [3.05, 3.63) is 155 Å². The van der Waals surface area contributed by atoms with Crippen LogP contribution in [0.4, 0.5) is 0 Å². The van der Waals surface area contributed by atoms with Gasteiger partial charge in [-0.3, -0.25) is 4.79 Å². The summed E-state index contributed by atoms with van der Waals surface area (Å²) in [6, 6.07) is 41.0.